The second-order valence-corrected chi connectivity index (χ2v) is 4.07. The Hall–Kier alpha value is -1.41. The number of hydrogen-bond acceptors (Lipinski definition) is 4. The predicted molar refractivity (Wildman–Crippen MR) is 60.6 cm³/mol. The normalized spacial score (nSPS) is 14.1. The maximum absolute atomic E-state index is 9.54. The van der Waals surface area contributed by atoms with Gasteiger partial charge in [-0.3, -0.25) is 0 Å². The second-order valence-electron chi connectivity index (χ2n) is 4.07. The average molecular weight is 220 g/mol. The summed E-state index contributed by atoms with van der Waals surface area (Å²) >= 11 is 0. The first-order chi connectivity index (χ1) is 7.57. The Bertz CT molecular complexity index is 383. The summed E-state index contributed by atoms with van der Waals surface area (Å²) in [5.41, 5.74) is 0.494. The van der Waals surface area contributed by atoms with Gasteiger partial charge in [-0.15, -0.1) is 0 Å². The van der Waals surface area contributed by atoms with E-state index < -0.39 is 5.60 Å². The zero-order valence-corrected chi connectivity index (χ0v) is 9.27. The summed E-state index contributed by atoms with van der Waals surface area (Å²) in [5.74, 6) is 0. The summed E-state index contributed by atoms with van der Waals surface area (Å²) < 4.78 is 0. The fourth-order valence-corrected chi connectivity index (χ4v) is 1.28. The fourth-order valence-electron chi connectivity index (χ4n) is 1.28. The van der Waals surface area contributed by atoms with E-state index in [2.05, 4.69) is 11.4 Å². The monoisotopic (exact) mass is 220 g/mol. The van der Waals surface area contributed by atoms with Gasteiger partial charge in [0.05, 0.1) is 23.8 Å². The lowest BCUT2D eigenvalue weighted by Crippen LogP contribution is -2.40. The van der Waals surface area contributed by atoms with Crippen LogP contribution in [0.2, 0.25) is 0 Å². The Balaban J connectivity index is 2.46. The van der Waals surface area contributed by atoms with Gasteiger partial charge in [0, 0.05) is 13.1 Å². The van der Waals surface area contributed by atoms with Crippen molar-refractivity contribution in [3.8, 4) is 6.07 Å². The van der Waals surface area contributed by atoms with Gasteiger partial charge >= 0.3 is 0 Å². The van der Waals surface area contributed by atoms with Crippen LogP contribution in [0.15, 0.2) is 24.3 Å². The topological polar surface area (TPSA) is 76.3 Å². The van der Waals surface area contributed by atoms with E-state index in [0.29, 0.717) is 18.7 Å². The van der Waals surface area contributed by atoms with E-state index in [-0.39, 0.29) is 6.61 Å². The zero-order valence-electron chi connectivity index (χ0n) is 9.27. The summed E-state index contributed by atoms with van der Waals surface area (Å²) in [4.78, 5) is 0. The number of benzene rings is 1. The standard InChI is InChI=1S/C12H16N2O2/c1-12(16,9-15)8-14-7-11-4-2-3-10(5-11)6-13/h2-5,14-16H,7-9H2,1H3. The van der Waals surface area contributed by atoms with Gasteiger partial charge in [-0.1, -0.05) is 12.1 Å². The Kier molecular flexibility index (Phi) is 4.44. The molecule has 0 aromatic heterocycles. The number of nitriles is 1. The molecule has 0 bridgehead atoms. The van der Waals surface area contributed by atoms with Gasteiger partial charge in [0.25, 0.3) is 0 Å². The van der Waals surface area contributed by atoms with E-state index in [4.69, 9.17) is 10.4 Å². The SMILES string of the molecule is CC(O)(CO)CNCc1cccc(C#N)c1. The number of aliphatic hydroxyl groups excluding tert-OH is 1. The molecule has 4 nitrogen and oxygen atoms in total. The average Bonchev–Trinajstić information content (AvgIpc) is 2.29. The van der Waals surface area contributed by atoms with Crippen molar-refractivity contribution < 1.29 is 10.2 Å². The van der Waals surface area contributed by atoms with Gasteiger partial charge in [0.15, 0.2) is 0 Å². The Labute approximate surface area is 95.2 Å². The summed E-state index contributed by atoms with van der Waals surface area (Å²) in [5, 5.41) is 30.1. The lowest BCUT2D eigenvalue weighted by atomic mass is 10.1. The molecule has 0 heterocycles. The Morgan fingerprint density at radius 1 is 1.50 bits per heavy atom. The summed E-state index contributed by atoms with van der Waals surface area (Å²) in [6.07, 6.45) is 0. The molecule has 0 amide bonds. The summed E-state index contributed by atoms with van der Waals surface area (Å²) in [6, 6.07) is 9.33. The molecule has 1 atom stereocenters. The number of rotatable bonds is 5. The molecule has 1 rings (SSSR count). The van der Waals surface area contributed by atoms with Crippen molar-refractivity contribution in [2.75, 3.05) is 13.2 Å². The third-order valence-electron chi connectivity index (χ3n) is 2.23. The largest absolute Gasteiger partial charge is 0.393 e. The molecule has 0 aliphatic heterocycles. The maximum atomic E-state index is 9.54. The zero-order chi connectivity index (χ0) is 12.0. The molecule has 16 heavy (non-hydrogen) atoms. The third-order valence-corrected chi connectivity index (χ3v) is 2.23. The van der Waals surface area contributed by atoms with E-state index in [1.54, 1.807) is 19.1 Å². The molecule has 0 saturated carbocycles. The third kappa shape index (κ3) is 3.99. The van der Waals surface area contributed by atoms with Gasteiger partial charge in [-0.2, -0.15) is 5.26 Å². The van der Waals surface area contributed by atoms with Crippen molar-refractivity contribution in [1.82, 2.24) is 5.32 Å². The lowest BCUT2D eigenvalue weighted by molar-refractivity contribution is 0.00254. The van der Waals surface area contributed by atoms with Gasteiger partial charge in [0.2, 0.25) is 0 Å². The van der Waals surface area contributed by atoms with Crippen LogP contribution in [0.4, 0.5) is 0 Å². The maximum Gasteiger partial charge on any atom is 0.0991 e. The molecule has 1 aromatic carbocycles. The number of hydrogen-bond donors (Lipinski definition) is 3. The Morgan fingerprint density at radius 2 is 2.25 bits per heavy atom. The highest BCUT2D eigenvalue weighted by atomic mass is 16.3. The highest BCUT2D eigenvalue weighted by Crippen LogP contribution is 2.05. The van der Waals surface area contributed by atoms with Gasteiger partial charge in [-0.05, 0) is 24.6 Å². The van der Waals surface area contributed by atoms with Crippen molar-refractivity contribution in [2.45, 2.75) is 19.1 Å². The van der Waals surface area contributed by atoms with Crippen LogP contribution >= 0.6 is 0 Å². The van der Waals surface area contributed by atoms with Crippen LogP contribution in [0.25, 0.3) is 0 Å². The molecule has 4 heteroatoms. The molecule has 0 spiro atoms. The van der Waals surface area contributed by atoms with E-state index >= 15 is 0 Å². The first-order valence-corrected chi connectivity index (χ1v) is 5.10. The summed E-state index contributed by atoms with van der Waals surface area (Å²) in [7, 11) is 0. The molecule has 1 aromatic rings. The van der Waals surface area contributed by atoms with E-state index in [1.165, 1.54) is 0 Å². The number of nitrogens with one attached hydrogen (secondary N) is 1. The van der Waals surface area contributed by atoms with Crippen molar-refractivity contribution in [1.29, 1.82) is 5.26 Å². The van der Waals surface area contributed by atoms with Crippen molar-refractivity contribution in [3.05, 3.63) is 35.4 Å². The molecular weight excluding hydrogens is 204 g/mol. The fraction of sp³-hybridized carbons (Fsp3) is 0.417. The van der Waals surface area contributed by atoms with Crippen LogP contribution < -0.4 is 5.32 Å². The molecule has 1 unspecified atom stereocenters. The second kappa shape index (κ2) is 5.61. The van der Waals surface area contributed by atoms with Crippen molar-refractivity contribution >= 4 is 0 Å². The van der Waals surface area contributed by atoms with Crippen molar-refractivity contribution in [3.63, 3.8) is 0 Å². The van der Waals surface area contributed by atoms with E-state index in [0.717, 1.165) is 5.56 Å². The minimum Gasteiger partial charge on any atom is -0.393 e. The van der Waals surface area contributed by atoms with Crippen LogP contribution in [0, 0.1) is 11.3 Å². The molecule has 0 fully saturated rings. The molecule has 0 aliphatic rings. The van der Waals surface area contributed by atoms with Crippen LogP contribution in [-0.4, -0.2) is 29.0 Å². The minimum absolute atomic E-state index is 0.280. The first-order valence-electron chi connectivity index (χ1n) is 5.10. The van der Waals surface area contributed by atoms with Gasteiger partial charge < -0.3 is 15.5 Å². The highest BCUT2D eigenvalue weighted by molar-refractivity contribution is 5.32. The van der Waals surface area contributed by atoms with Crippen LogP contribution in [0.3, 0.4) is 0 Å². The molecule has 0 aliphatic carbocycles. The molecule has 3 N–H and O–H groups in total. The van der Waals surface area contributed by atoms with Crippen LogP contribution in [0.1, 0.15) is 18.1 Å². The summed E-state index contributed by atoms with van der Waals surface area (Å²) in [6.45, 7) is 2.15. The minimum atomic E-state index is -1.10. The van der Waals surface area contributed by atoms with E-state index in [1.807, 2.05) is 12.1 Å². The van der Waals surface area contributed by atoms with Gasteiger partial charge in [-0.25, -0.2) is 0 Å². The number of nitrogens with zero attached hydrogens (tertiary/aromatic N) is 1. The van der Waals surface area contributed by atoms with Crippen LogP contribution in [-0.2, 0) is 6.54 Å². The smallest absolute Gasteiger partial charge is 0.0991 e. The van der Waals surface area contributed by atoms with Gasteiger partial charge in [0.1, 0.15) is 0 Å². The van der Waals surface area contributed by atoms with Crippen LogP contribution in [0.5, 0.6) is 0 Å². The highest BCUT2D eigenvalue weighted by Gasteiger charge is 2.17. The quantitative estimate of drug-likeness (QED) is 0.671. The molecule has 0 saturated heterocycles. The van der Waals surface area contributed by atoms with Crippen molar-refractivity contribution in [2.24, 2.45) is 0 Å². The lowest BCUT2D eigenvalue weighted by Gasteiger charge is -2.20. The molecule has 0 radical (unpaired) electrons. The number of aliphatic hydroxyl groups is 2. The first kappa shape index (κ1) is 12.7. The van der Waals surface area contributed by atoms with E-state index in [9.17, 15) is 5.11 Å². The molecular formula is C12H16N2O2. The predicted octanol–water partition coefficient (Wildman–Crippen LogP) is 0.391. The Morgan fingerprint density at radius 3 is 2.88 bits per heavy atom. The molecule has 86 valence electrons.